The molecule has 168 valence electrons. The number of nitrogens with zero attached hydrogens (tertiary/aromatic N) is 2. The molecule has 0 spiro atoms. The van der Waals surface area contributed by atoms with Crippen molar-refractivity contribution >= 4 is 25.5 Å². The van der Waals surface area contributed by atoms with Gasteiger partial charge < -0.3 is 9.74 Å². The Morgan fingerprint density at radius 3 is 2.55 bits per heavy atom. The van der Waals surface area contributed by atoms with Crippen molar-refractivity contribution in [2.24, 2.45) is 4.99 Å². The third-order valence-corrected chi connectivity index (χ3v) is 12.3. The molecule has 1 saturated heterocycles. The topological polar surface area (TPSA) is 67.8 Å². The van der Waals surface area contributed by atoms with Crippen LogP contribution in [0.3, 0.4) is 0 Å². The van der Waals surface area contributed by atoms with Crippen molar-refractivity contribution in [2.45, 2.75) is 77.0 Å². The fourth-order valence-corrected chi connectivity index (χ4v) is 5.98. The minimum atomic E-state index is -1.79. The summed E-state index contributed by atoms with van der Waals surface area (Å²) in [7, 11) is -1.79. The Balaban J connectivity index is 1.44. The van der Waals surface area contributed by atoms with Crippen LogP contribution in [0.5, 0.6) is 0 Å². The maximum absolute atomic E-state index is 6.60. The molecule has 0 radical (unpaired) electrons. The number of amidine groups is 1. The number of benzene rings is 1. The lowest BCUT2D eigenvalue weighted by molar-refractivity contribution is -0.0458. The second-order valence-electron chi connectivity index (χ2n) is 10.2. The molecular formula is C23H34N4O2SSi. The highest BCUT2D eigenvalue weighted by atomic mass is 32.1. The summed E-state index contributed by atoms with van der Waals surface area (Å²) < 4.78 is 6.60. The standard InChI is InChI=1S/C23H34N4O2SSi/c1-15-20(30-14-25-15)16-8-10-17(11-9-16)23(5)26-21(27-29-23)19-12-18(13-24-19)28-31(6,7)22(2,3)4/h8-11,14,18-19,24H,12-13H2,1-7H3,(H,26,27)/t18-,19+,23?/m1/s1. The number of hydrogen-bond donors (Lipinski definition) is 2. The maximum atomic E-state index is 6.60. The molecule has 0 saturated carbocycles. The van der Waals surface area contributed by atoms with Crippen LogP contribution in [0.4, 0.5) is 0 Å². The molecule has 8 heteroatoms. The molecule has 1 unspecified atom stereocenters. The highest BCUT2D eigenvalue weighted by molar-refractivity contribution is 7.13. The van der Waals surface area contributed by atoms with Crippen LogP contribution >= 0.6 is 11.3 Å². The summed E-state index contributed by atoms with van der Waals surface area (Å²) >= 11 is 1.66. The summed E-state index contributed by atoms with van der Waals surface area (Å²) in [6.45, 7) is 16.3. The van der Waals surface area contributed by atoms with Crippen LogP contribution in [0.2, 0.25) is 18.1 Å². The minimum Gasteiger partial charge on any atom is -0.413 e. The number of nitrogens with one attached hydrogen (secondary N) is 2. The molecule has 4 rings (SSSR count). The fourth-order valence-electron chi connectivity index (χ4n) is 3.80. The zero-order valence-electron chi connectivity index (χ0n) is 19.6. The van der Waals surface area contributed by atoms with Gasteiger partial charge in [-0.2, -0.15) is 0 Å². The monoisotopic (exact) mass is 458 g/mol. The lowest BCUT2D eigenvalue weighted by Gasteiger charge is -2.38. The first kappa shape index (κ1) is 22.6. The van der Waals surface area contributed by atoms with Gasteiger partial charge >= 0.3 is 0 Å². The number of aromatic nitrogens is 1. The Bertz CT molecular complexity index is 967. The summed E-state index contributed by atoms with van der Waals surface area (Å²) in [6.07, 6.45) is 1.12. The molecule has 1 aromatic carbocycles. The van der Waals surface area contributed by atoms with E-state index in [1.807, 2.05) is 19.4 Å². The summed E-state index contributed by atoms with van der Waals surface area (Å²) in [5, 5.41) is 3.77. The highest BCUT2D eigenvalue weighted by Gasteiger charge is 2.43. The van der Waals surface area contributed by atoms with E-state index in [2.05, 4.69) is 73.9 Å². The predicted octanol–water partition coefficient (Wildman–Crippen LogP) is 4.98. The summed E-state index contributed by atoms with van der Waals surface area (Å²) in [5.74, 6) is 0.853. The Kier molecular flexibility index (Phi) is 5.89. The van der Waals surface area contributed by atoms with Crippen molar-refractivity contribution in [2.75, 3.05) is 6.54 Å². The molecule has 2 N–H and O–H groups in total. The van der Waals surface area contributed by atoms with Gasteiger partial charge in [0.15, 0.2) is 8.32 Å². The average molecular weight is 459 g/mol. The predicted molar refractivity (Wildman–Crippen MR) is 130 cm³/mol. The number of aliphatic imine (C=N–C) groups is 1. The van der Waals surface area contributed by atoms with Gasteiger partial charge in [0.1, 0.15) is 5.84 Å². The van der Waals surface area contributed by atoms with Gasteiger partial charge in [-0.15, -0.1) is 11.3 Å². The molecule has 1 aromatic heterocycles. The number of hydrogen-bond acceptors (Lipinski definition) is 7. The van der Waals surface area contributed by atoms with Crippen molar-refractivity contribution in [1.29, 1.82) is 0 Å². The van der Waals surface area contributed by atoms with Crippen molar-refractivity contribution in [1.82, 2.24) is 15.8 Å². The lowest BCUT2D eigenvalue weighted by atomic mass is 10.0. The normalized spacial score (nSPS) is 26.7. The van der Waals surface area contributed by atoms with E-state index in [9.17, 15) is 0 Å². The Morgan fingerprint density at radius 1 is 1.23 bits per heavy atom. The van der Waals surface area contributed by atoms with Gasteiger partial charge in [-0.05, 0) is 44.0 Å². The van der Waals surface area contributed by atoms with Gasteiger partial charge in [0.2, 0.25) is 5.72 Å². The van der Waals surface area contributed by atoms with Gasteiger partial charge in [0.05, 0.1) is 28.2 Å². The molecule has 6 nitrogen and oxygen atoms in total. The molecule has 3 atom stereocenters. The second kappa shape index (κ2) is 8.08. The third-order valence-electron chi connectivity index (χ3n) is 6.80. The van der Waals surface area contributed by atoms with Gasteiger partial charge in [0, 0.05) is 12.1 Å². The third kappa shape index (κ3) is 4.50. The first-order chi connectivity index (χ1) is 14.5. The quantitative estimate of drug-likeness (QED) is 0.619. The van der Waals surface area contributed by atoms with E-state index in [0.29, 0.717) is 0 Å². The van der Waals surface area contributed by atoms with Crippen molar-refractivity contribution in [3.8, 4) is 10.4 Å². The van der Waals surface area contributed by atoms with Crippen molar-refractivity contribution < 1.29 is 9.26 Å². The molecule has 2 aliphatic rings. The second-order valence-corrected chi connectivity index (χ2v) is 15.8. The van der Waals surface area contributed by atoms with Crippen LogP contribution < -0.4 is 10.8 Å². The van der Waals surface area contributed by atoms with E-state index in [1.54, 1.807) is 11.3 Å². The van der Waals surface area contributed by atoms with E-state index < -0.39 is 14.0 Å². The average Bonchev–Trinajstić information content (AvgIpc) is 3.41. The maximum Gasteiger partial charge on any atom is 0.209 e. The van der Waals surface area contributed by atoms with E-state index in [4.69, 9.17) is 14.3 Å². The van der Waals surface area contributed by atoms with Crippen LogP contribution in [-0.2, 0) is 15.0 Å². The van der Waals surface area contributed by atoms with Crippen LogP contribution in [0, 0.1) is 6.92 Å². The lowest BCUT2D eigenvalue weighted by Crippen LogP contribution is -2.44. The molecule has 2 aliphatic heterocycles. The largest absolute Gasteiger partial charge is 0.413 e. The highest BCUT2D eigenvalue weighted by Crippen LogP contribution is 2.38. The SMILES string of the molecule is Cc1ncsc1-c1ccc(C2(C)N=C([C@@H]3C[C@@H](O[Si](C)(C)C(C)(C)C)CN3)NO2)cc1. The smallest absolute Gasteiger partial charge is 0.209 e. The molecule has 2 aromatic rings. The summed E-state index contributed by atoms with van der Waals surface area (Å²) in [6, 6.07) is 8.54. The van der Waals surface area contributed by atoms with Gasteiger partial charge in [-0.25, -0.2) is 20.3 Å². The first-order valence-electron chi connectivity index (χ1n) is 10.9. The number of aryl methyl sites for hydroxylation is 1. The molecule has 0 amide bonds. The number of thiazole rings is 1. The molecule has 0 bridgehead atoms. The Labute approximate surface area is 190 Å². The van der Waals surface area contributed by atoms with Crippen LogP contribution in [-0.4, -0.2) is 37.8 Å². The molecule has 1 fully saturated rings. The molecular weight excluding hydrogens is 424 g/mol. The first-order valence-corrected chi connectivity index (χ1v) is 14.7. The zero-order valence-corrected chi connectivity index (χ0v) is 21.4. The van der Waals surface area contributed by atoms with E-state index in [-0.39, 0.29) is 17.2 Å². The van der Waals surface area contributed by atoms with E-state index in [1.165, 1.54) is 10.4 Å². The minimum absolute atomic E-state index is 0.121. The number of rotatable bonds is 5. The van der Waals surface area contributed by atoms with Crippen molar-refractivity contribution in [3.05, 3.63) is 41.0 Å². The van der Waals surface area contributed by atoms with Gasteiger partial charge in [-0.1, -0.05) is 45.0 Å². The van der Waals surface area contributed by atoms with E-state index in [0.717, 1.165) is 30.1 Å². The molecule has 31 heavy (non-hydrogen) atoms. The summed E-state index contributed by atoms with van der Waals surface area (Å²) in [4.78, 5) is 16.4. The zero-order chi connectivity index (χ0) is 22.4. The Hall–Kier alpha value is -1.58. The fraction of sp³-hybridized carbons (Fsp3) is 0.565. The van der Waals surface area contributed by atoms with Crippen LogP contribution in [0.15, 0.2) is 34.8 Å². The van der Waals surface area contributed by atoms with Crippen molar-refractivity contribution in [3.63, 3.8) is 0 Å². The van der Waals surface area contributed by atoms with Gasteiger partial charge in [0.25, 0.3) is 0 Å². The molecule has 3 heterocycles. The summed E-state index contributed by atoms with van der Waals surface area (Å²) in [5.41, 5.74) is 7.49. The number of hydroxylamine groups is 1. The van der Waals surface area contributed by atoms with Crippen LogP contribution in [0.25, 0.3) is 10.4 Å². The molecule has 0 aliphatic carbocycles. The Morgan fingerprint density at radius 2 is 1.94 bits per heavy atom. The van der Waals surface area contributed by atoms with E-state index >= 15 is 0 Å². The van der Waals surface area contributed by atoms with Gasteiger partial charge in [-0.3, -0.25) is 0 Å². The van der Waals surface area contributed by atoms with Crippen LogP contribution in [0.1, 0.15) is 45.4 Å².